The van der Waals surface area contributed by atoms with Gasteiger partial charge in [0.2, 0.25) is 5.91 Å². The van der Waals surface area contributed by atoms with Crippen LogP contribution in [0.1, 0.15) is 23.7 Å². The highest BCUT2D eigenvalue weighted by Gasteiger charge is 2.24. The zero-order valence-electron chi connectivity index (χ0n) is 10.4. The summed E-state index contributed by atoms with van der Waals surface area (Å²) in [5.41, 5.74) is 12.6. The molecular weight excluding hydrogens is 250 g/mol. The van der Waals surface area contributed by atoms with Gasteiger partial charge in [0, 0.05) is 24.7 Å². The fourth-order valence-corrected chi connectivity index (χ4v) is 2.53. The molecule has 4 nitrogen and oxygen atoms in total. The number of piperidine rings is 1. The summed E-state index contributed by atoms with van der Waals surface area (Å²) in [7, 11) is 0. The molecule has 1 saturated heterocycles. The predicted molar refractivity (Wildman–Crippen MR) is 73.9 cm³/mol. The Kier molecular flexibility index (Phi) is 3.78. The molecule has 1 aliphatic heterocycles. The van der Waals surface area contributed by atoms with E-state index in [2.05, 4.69) is 11.8 Å². The number of carbonyl (C=O) groups is 1. The first-order valence-corrected chi connectivity index (χ1v) is 6.46. The molecule has 1 fully saturated rings. The monoisotopic (exact) mass is 267 g/mol. The van der Waals surface area contributed by atoms with Crippen molar-refractivity contribution < 1.29 is 4.79 Å². The van der Waals surface area contributed by atoms with Gasteiger partial charge in [0.1, 0.15) is 0 Å². The fraction of sp³-hybridized carbons (Fsp3) is 0.462. The van der Waals surface area contributed by atoms with E-state index in [4.69, 9.17) is 23.1 Å². The molecule has 1 aliphatic rings. The highest BCUT2D eigenvalue weighted by molar-refractivity contribution is 6.33. The number of hydrogen-bond donors (Lipinski definition) is 2. The Morgan fingerprint density at radius 3 is 2.78 bits per heavy atom. The number of rotatable bonds is 2. The van der Waals surface area contributed by atoms with E-state index >= 15 is 0 Å². The van der Waals surface area contributed by atoms with E-state index in [1.165, 1.54) is 0 Å². The van der Waals surface area contributed by atoms with Crippen molar-refractivity contribution >= 4 is 23.2 Å². The van der Waals surface area contributed by atoms with Gasteiger partial charge in [-0.05, 0) is 30.5 Å². The quantitative estimate of drug-likeness (QED) is 0.855. The number of anilines is 1. The molecule has 0 aliphatic carbocycles. The molecule has 0 bridgehead atoms. The second-order valence-corrected chi connectivity index (χ2v) is 5.31. The normalized spacial score (nSPS) is 24.1. The van der Waals surface area contributed by atoms with Crippen molar-refractivity contribution in [3.63, 3.8) is 0 Å². The largest absolute Gasteiger partial charge is 0.369 e. The summed E-state index contributed by atoms with van der Waals surface area (Å²) in [5.74, 6) is 0.0670. The zero-order valence-corrected chi connectivity index (χ0v) is 11.2. The SMILES string of the molecule is CC1CCN(c2ccc(C(N)=O)cc2Cl)CC1N. The predicted octanol–water partition coefficient (Wildman–Crippen LogP) is 1.61. The van der Waals surface area contributed by atoms with Crippen LogP contribution in [0.15, 0.2) is 18.2 Å². The molecule has 5 heteroatoms. The van der Waals surface area contributed by atoms with Gasteiger partial charge in [-0.25, -0.2) is 0 Å². The van der Waals surface area contributed by atoms with Gasteiger partial charge < -0.3 is 16.4 Å². The van der Waals surface area contributed by atoms with E-state index in [9.17, 15) is 4.79 Å². The Hall–Kier alpha value is -1.26. The van der Waals surface area contributed by atoms with Gasteiger partial charge in [-0.2, -0.15) is 0 Å². The highest BCUT2D eigenvalue weighted by atomic mass is 35.5. The van der Waals surface area contributed by atoms with Crippen molar-refractivity contribution in [1.82, 2.24) is 0 Å². The molecule has 2 rings (SSSR count). The van der Waals surface area contributed by atoms with Crippen LogP contribution in [0.5, 0.6) is 0 Å². The van der Waals surface area contributed by atoms with Gasteiger partial charge in [0.15, 0.2) is 0 Å². The number of benzene rings is 1. The number of nitrogens with zero attached hydrogens (tertiary/aromatic N) is 1. The van der Waals surface area contributed by atoms with Crippen LogP contribution in [-0.2, 0) is 0 Å². The molecule has 0 saturated carbocycles. The van der Waals surface area contributed by atoms with Crippen molar-refractivity contribution in [3.05, 3.63) is 28.8 Å². The van der Waals surface area contributed by atoms with Crippen molar-refractivity contribution in [2.45, 2.75) is 19.4 Å². The maximum atomic E-state index is 11.1. The van der Waals surface area contributed by atoms with E-state index in [1.54, 1.807) is 12.1 Å². The minimum atomic E-state index is -0.465. The Balaban J connectivity index is 2.21. The Morgan fingerprint density at radius 1 is 1.50 bits per heavy atom. The van der Waals surface area contributed by atoms with E-state index in [-0.39, 0.29) is 6.04 Å². The standard InChI is InChI=1S/C13H18ClN3O/c1-8-4-5-17(7-11(8)15)12-3-2-9(13(16)18)6-10(12)14/h2-3,6,8,11H,4-5,7,15H2,1H3,(H2,16,18). The Bertz CT molecular complexity index is 464. The summed E-state index contributed by atoms with van der Waals surface area (Å²) in [6.07, 6.45) is 1.05. The molecule has 0 aromatic heterocycles. The lowest BCUT2D eigenvalue weighted by Gasteiger charge is -2.37. The molecule has 0 radical (unpaired) electrons. The Morgan fingerprint density at radius 2 is 2.22 bits per heavy atom. The topological polar surface area (TPSA) is 72.3 Å². The number of carbonyl (C=O) groups excluding carboxylic acids is 1. The third kappa shape index (κ3) is 2.60. The summed E-state index contributed by atoms with van der Waals surface area (Å²) in [4.78, 5) is 13.2. The molecule has 1 heterocycles. The smallest absolute Gasteiger partial charge is 0.248 e. The average molecular weight is 268 g/mol. The maximum absolute atomic E-state index is 11.1. The molecule has 18 heavy (non-hydrogen) atoms. The van der Waals surface area contributed by atoms with Crippen molar-refractivity contribution in [1.29, 1.82) is 0 Å². The zero-order chi connectivity index (χ0) is 13.3. The summed E-state index contributed by atoms with van der Waals surface area (Å²) in [6.45, 7) is 3.89. The third-order valence-corrected chi connectivity index (χ3v) is 3.89. The summed E-state index contributed by atoms with van der Waals surface area (Å²) in [6, 6.07) is 5.31. The van der Waals surface area contributed by atoms with E-state index in [1.807, 2.05) is 6.07 Å². The van der Waals surface area contributed by atoms with E-state index in [0.717, 1.165) is 25.2 Å². The highest BCUT2D eigenvalue weighted by Crippen LogP contribution is 2.30. The van der Waals surface area contributed by atoms with Crippen LogP contribution < -0.4 is 16.4 Å². The van der Waals surface area contributed by atoms with Gasteiger partial charge in [-0.3, -0.25) is 4.79 Å². The second-order valence-electron chi connectivity index (χ2n) is 4.91. The number of amides is 1. The fourth-order valence-electron chi connectivity index (χ4n) is 2.23. The lowest BCUT2D eigenvalue weighted by atomic mass is 9.94. The van der Waals surface area contributed by atoms with Crippen molar-refractivity contribution in [2.75, 3.05) is 18.0 Å². The van der Waals surface area contributed by atoms with Gasteiger partial charge in [0.25, 0.3) is 0 Å². The van der Waals surface area contributed by atoms with Gasteiger partial charge in [-0.15, -0.1) is 0 Å². The second kappa shape index (κ2) is 5.16. The number of nitrogens with two attached hydrogens (primary N) is 2. The molecule has 1 amide bonds. The molecule has 98 valence electrons. The van der Waals surface area contributed by atoms with Crippen LogP contribution in [0.25, 0.3) is 0 Å². The first-order chi connectivity index (χ1) is 8.49. The van der Waals surface area contributed by atoms with Crippen molar-refractivity contribution in [3.8, 4) is 0 Å². The van der Waals surface area contributed by atoms with E-state index in [0.29, 0.717) is 16.5 Å². The van der Waals surface area contributed by atoms with Crippen LogP contribution in [0.2, 0.25) is 5.02 Å². The van der Waals surface area contributed by atoms with Gasteiger partial charge >= 0.3 is 0 Å². The molecular formula is C13H18ClN3O. The van der Waals surface area contributed by atoms with Gasteiger partial charge in [0.05, 0.1) is 10.7 Å². The summed E-state index contributed by atoms with van der Waals surface area (Å²) < 4.78 is 0. The molecule has 1 aromatic carbocycles. The van der Waals surface area contributed by atoms with Crippen LogP contribution in [0, 0.1) is 5.92 Å². The number of hydrogen-bond acceptors (Lipinski definition) is 3. The van der Waals surface area contributed by atoms with Crippen LogP contribution in [-0.4, -0.2) is 25.0 Å². The molecule has 2 unspecified atom stereocenters. The maximum Gasteiger partial charge on any atom is 0.248 e. The number of primary amides is 1. The molecule has 1 aromatic rings. The van der Waals surface area contributed by atoms with Crippen molar-refractivity contribution in [2.24, 2.45) is 17.4 Å². The number of halogens is 1. The molecule has 2 atom stereocenters. The van der Waals surface area contributed by atoms with Gasteiger partial charge in [-0.1, -0.05) is 18.5 Å². The molecule has 0 spiro atoms. The summed E-state index contributed by atoms with van der Waals surface area (Å²) >= 11 is 6.20. The van der Waals surface area contributed by atoms with Crippen LogP contribution in [0.3, 0.4) is 0 Å². The lowest BCUT2D eigenvalue weighted by molar-refractivity contribution is 0.100. The summed E-state index contributed by atoms with van der Waals surface area (Å²) in [5, 5.41) is 0.549. The average Bonchev–Trinajstić information content (AvgIpc) is 2.32. The van der Waals surface area contributed by atoms with Crippen LogP contribution >= 0.6 is 11.6 Å². The lowest BCUT2D eigenvalue weighted by Crippen LogP contribution is -2.47. The van der Waals surface area contributed by atoms with E-state index < -0.39 is 5.91 Å². The molecule has 4 N–H and O–H groups in total. The first kappa shape index (κ1) is 13.2. The first-order valence-electron chi connectivity index (χ1n) is 6.09. The van der Waals surface area contributed by atoms with Crippen LogP contribution in [0.4, 0.5) is 5.69 Å². The minimum absolute atomic E-state index is 0.158. The third-order valence-electron chi connectivity index (χ3n) is 3.59. The Labute approximate surface area is 112 Å². The minimum Gasteiger partial charge on any atom is -0.369 e.